The van der Waals surface area contributed by atoms with Crippen molar-refractivity contribution in [3.8, 4) is 22.9 Å². The molecule has 0 radical (unpaired) electrons. The number of rotatable bonds is 5. The van der Waals surface area contributed by atoms with Crippen molar-refractivity contribution < 1.29 is 4.74 Å². The van der Waals surface area contributed by atoms with Crippen molar-refractivity contribution in [2.45, 2.75) is 6.92 Å². The van der Waals surface area contributed by atoms with E-state index in [1.807, 2.05) is 60.2 Å². The van der Waals surface area contributed by atoms with Crippen molar-refractivity contribution in [1.29, 1.82) is 5.26 Å². The van der Waals surface area contributed by atoms with Gasteiger partial charge in [0.05, 0.1) is 6.61 Å². The quantitative estimate of drug-likeness (QED) is 0.459. The van der Waals surface area contributed by atoms with E-state index in [2.05, 4.69) is 11.1 Å². The van der Waals surface area contributed by atoms with Crippen molar-refractivity contribution >= 4 is 23.8 Å². The Balaban J connectivity index is 2.20. The average molecular weight is 350 g/mol. The molecule has 0 bridgehead atoms. The summed E-state index contributed by atoms with van der Waals surface area (Å²) in [5.74, 6) is 0.525. The summed E-state index contributed by atoms with van der Waals surface area (Å²) in [5.41, 5.74) is 3.14. The van der Waals surface area contributed by atoms with Crippen LogP contribution in [0.2, 0.25) is 5.02 Å². The molecule has 1 heterocycles. The normalized spacial score (nSPS) is 10.8. The van der Waals surface area contributed by atoms with E-state index >= 15 is 0 Å². The van der Waals surface area contributed by atoms with Crippen molar-refractivity contribution in [3.63, 3.8) is 0 Å². The first-order valence-electron chi connectivity index (χ1n) is 7.85. The largest absolute Gasteiger partial charge is 0.483 e. The zero-order valence-electron chi connectivity index (χ0n) is 13.7. The molecule has 0 aliphatic carbocycles. The van der Waals surface area contributed by atoms with Crippen LogP contribution >= 0.6 is 11.6 Å². The molecule has 124 valence electrons. The maximum Gasteiger partial charge on any atom is 0.176 e. The van der Waals surface area contributed by atoms with Crippen LogP contribution in [-0.2, 0) is 4.74 Å². The van der Waals surface area contributed by atoms with E-state index < -0.39 is 0 Å². The van der Waals surface area contributed by atoms with Crippen LogP contribution in [0.3, 0.4) is 0 Å². The topological polar surface area (TPSA) is 50.3 Å². The van der Waals surface area contributed by atoms with Gasteiger partial charge in [-0.25, -0.2) is 4.99 Å². The average Bonchev–Trinajstić information content (AvgIpc) is 3.02. The highest BCUT2D eigenvalue weighted by Gasteiger charge is 2.17. The fourth-order valence-electron chi connectivity index (χ4n) is 2.53. The highest BCUT2D eigenvalue weighted by molar-refractivity contribution is 6.30. The second kappa shape index (κ2) is 7.69. The molecule has 5 heteroatoms. The fourth-order valence-corrected chi connectivity index (χ4v) is 2.66. The molecule has 0 amide bonds. The third kappa shape index (κ3) is 3.57. The van der Waals surface area contributed by atoms with Gasteiger partial charge < -0.3 is 4.74 Å². The van der Waals surface area contributed by atoms with Crippen molar-refractivity contribution in [2.24, 2.45) is 4.99 Å². The predicted molar refractivity (Wildman–Crippen MR) is 101 cm³/mol. The summed E-state index contributed by atoms with van der Waals surface area (Å²) in [7, 11) is 0. The van der Waals surface area contributed by atoms with Crippen molar-refractivity contribution in [2.75, 3.05) is 6.61 Å². The van der Waals surface area contributed by atoms with E-state index in [-0.39, 0.29) is 0 Å². The second-order valence-corrected chi connectivity index (χ2v) is 5.69. The fraction of sp³-hybridized carbons (Fsp3) is 0.100. The van der Waals surface area contributed by atoms with Crippen LogP contribution in [0.15, 0.2) is 65.8 Å². The zero-order chi connectivity index (χ0) is 17.6. The number of aliphatic imine (C=N–C) groups is 1. The van der Waals surface area contributed by atoms with E-state index in [9.17, 15) is 5.26 Å². The molecule has 25 heavy (non-hydrogen) atoms. The third-order valence-electron chi connectivity index (χ3n) is 3.70. The van der Waals surface area contributed by atoms with Gasteiger partial charge in [-0.3, -0.25) is 4.57 Å². The van der Waals surface area contributed by atoms with Gasteiger partial charge in [-0.15, -0.1) is 0 Å². The number of nitriles is 1. The molecule has 3 rings (SSSR count). The number of halogens is 1. The van der Waals surface area contributed by atoms with E-state index in [1.54, 1.807) is 12.1 Å². The molecule has 0 saturated carbocycles. The molecule has 0 aliphatic rings. The summed E-state index contributed by atoms with van der Waals surface area (Å²) in [6.45, 7) is 2.39. The highest BCUT2D eigenvalue weighted by Crippen LogP contribution is 2.35. The SMILES string of the molecule is CCO/C=N/c1c(C#N)c(-c2ccccc2)cn1-c1ccc(Cl)cc1. The van der Waals surface area contributed by atoms with Gasteiger partial charge in [-0.05, 0) is 36.8 Å². The first-order chi connectivity index (χ1) is 12.2. The number of aromatic nitrogens is 1. The minimum absolute atomic E-state index is 0.497. The first-order valence-corrected chi connectivity index (χ1v) is 8.23. The molecule has 3 aromatic rings. The maximum atomic E-state index is 9.72. The standard InChI is InChI=1S/C20H16ClN3O/c1-2-25-14-23-20-18(12-22)19(15-6-4-3-5-7-15)13-24(20)17-10-8-16(21)9-11-17/h3-11,13-14H,2H2,1H3/b23-14+. The lowest BCUT2D eigenvalue weighted by atomic mass is 10.1. The Labute approximate surface area is 151 Å². The smallest absolute Gasteiger partial charge is 0.176 e. The van der Waals surface area contributed by atoms with Crippen LogP contribution in [0, 0.1) is 11.3 Å². The molecule has 0 unspecified atom stereocenters. The Morgan fingerprint density at radius 3 is 2.52 bits per heavy atom. The molecule has 0 spiro atoms. The second-order valence-electron chi connectivity index (χ2n) is 5.26. The van der Waals surface area contributed by atoms with Crippen molar-refractivity contribution in [3.05, 3.63) is 71.4 Å². The van der Waals surface area contributed by atoms with Crippen LogP contribution in [0.25, 0.3) is 16.8 Å². The van der Waals surface area contributed by atoms with Gasteiger partial charge in [0.25, 0.3) is 0 Å². The van der Waals surface area contributed by atoms with Crippen molar-refractivity contribution in [1.82, 2.24) is 4.57 Å². The molecule has 0 saturated heterocycles. The van der Waals surface area contributed by atoms with E-state index in [4.69, 9.17) is 16.3 Å². The number of nitrogens with zero attached hydrogens (tertiary/aromatic N) is 3. The summed E-state index contributed by atoms with van der Waals surface area (Å²) in [6, 6.07) is 19.4. The lowest BCUT2D eigenvalue weighted by Crippen LogP contribution is -1.93. The van der Waals surface area contributed by atoms with E-state index in [0.717, 1.165) is 16.8 Å². The summed E-state index contributed by atoms with van der Waals surface area (Å²) < 4.78 is 7.09. The monoisotopic (exact) mass is 349 g/mol. The molecule has 0 fully saturated rings. The van der Waals surface area contributed by atoms with Gasteiger partial charge in [0.1, 0.15) is 11.6 Å². The van der Waals surface area contributed by atoms with Gasteiger partial charge in [0.2, 0.25) is 0 Å². The Morgan fingerprint density at radius 1 is 1.16 bits per heavy atom. The predicted octanol–water partition coefficient (Wildman–Crippen LogP) is 5.37. The first kappa shape index (κ1) is 16.8. The lowest BCUT2D eigenvalue weighted by molar-refractivity contribution is 0.344. The van der Waals surface area contributed by atoms with E-state index in [0.29, 0.717) is 23.0 Å². The number of hydrogen-bond donors (Lipinski definition) is 0. The summed E-state index contributed by atoms with van der Waals surface area (Å²) >= 11 is 5.99. The van der Waals surface area contributed by atoms with Crippen LogP contribution in [-0.4, -0.2) is 17.6 Å². The van der Waals surface area contributed by atoms with Gasteiger partial charge in [-0.1, -0.05) is 41.9 Å². The highest BCUT2D eigenvalue weighted by atomic mass is 35.5. The minimum atomic E-state index is 0.497. The van der Waals surface area contributed by atoms with E-state index in [1.165, 1.54) is 6.40 Å². The van der Waals surface area contributed by atoms with Gasteiger partial charge >= 0.3 is 0 Å². The Bertz CT molecular complexity index is 922. The van der Waals surface area contributed by atoms with Crippen LogP contribution in [0.1, 0.15) is 12.5 Å². The molecule has 4 nitrogen and oxygen atoms in total. The molecular formula is C20H16ClN3O. The van der Waals surface area contributed by atoms with Crippen LogP contribution in [0.4, 0.5) is 5.82 Å². The van der Waals surface area contributed by atoms with Gasteiger partial charge in [0.15, 0.2) is 12.2 Å². The summed E-state index contributed by atoms with van der Waals surface area (Å²) in [5, 5.41) is 10.4. The maximum absolute atomic E-state index is 9.72. The molecule has 2 aromatic carbocycles. The number of ether oxygens (including phenoxy) is 1. The molecule has 0 aliphatic heterocycles. The zero-order valence-corrected chi connectivity index (χ0v) is 14.4. The number of hydrogen-bond acceptors (Lipinski definition) is 3. The Kier molecular flexibility index (Phi) is 5.17. The molecule has 0 N–H and O–H groups in total. The lowest BCUT2D eigenvalue weighted by Gasteiger charge is -2.06. The molecular weight excluding hydrogens is 334 g/mol. The Morgan fingerprint density at radius 2 is 1.88 bits per heavy atom. The minimum Gasteiger partial charge on any atom is -0.483 e. The third-order valence-corrected chi connectivity index (χ3v) is 3.95. The van der Waals surface area contributed by atoms with Crippen LogP contribution < -0.4 is 0 Å². The molecule has 0 atom stereocenters. The summed E-state index contributed by atoms with van der Waals surface area (Å²) in [4.78, 5) is 4.37. The Hall–Kier alpha value is -3.03. The summed E-state index contributed by atoms with van der Waals surface area (Å²) in [6.07, 6.45) is 3.28. The van der Waals surface area contributed by atoms with Gasteiger partial charge in [-0.2, -0.15) is 5.26 Å². The number of benzene rings is 2. The van der Waals surface area contributed by atoms with Gasteiger partial charge in [0, 0.05) is 22.5 Å². The molecule has 1 aromatic heterocycles. The van der Waals surface area contributed by atoms with Crippen LogP contribution in [0.5, 0.6) is 0 Å².